The van der Waals surface area contributed by atoms with Crippen molar-refractivity contribution >= 4 is 52.5 Å². The van der Waals surface area contributed by atoms with Crippen LogP contribution in [0.15, 0.2) is 101 Å². The van der Waals surface area contributed by atoms with Crippen LogP contribution in [0.3, 0.4) is 0 Å². The second-order valence-electron chi connectivity index (χ2n) is 8.74. The SMILES string of the molecule is Cc1cccc(C)c1NC(=O)CSc1cccc(NC(=O)N2c3ccccc3SC3C=CC=CC32)c1. The number of aryl methyl sites for hydroxylation is 2. The summed E-state index contributed by atoms with van der Waals surface area (Å²) < 4.78 is 0. The van der Waals surface area contributed by atoms with E-state index in [4.69, 9.17) is 0 Å². The van der Waals surface area contributed by atoms with E-state index in [0.717, 1.165) is 32.3 Å². The molecule has 5 nitrogen and oxygen atoms in total. The molecule has 36 heavy (non-hydrogen) atoms. The van der Waals surface area contributed by atoms with E-state index in [-0.39, 0.29) is 29.0 Å². The summed E-state index contributed by atoms with van der Waals surface area (Å²) in [5, 5.41) is 6.27. The van der Waals surface area contributed by atoms with Crippen LogP contribution in [0, 0.1) is 13.8 Å². The molecule has 2 aliphatic rings. The molecule has 5 rings (SSSR count). The van der Waals surface area contributed by atoms with E-state index < -0.39 is 0 Å². The molecule has 1 aliphatic carbocycles. The first-order valence-electron chi connectivity index (χ1n) is 11.8. The molecule has 0 spiro atoms. The van der Waals surface area contributed by atoms with E-state index >= 15 is 0 Å². The van der Waals surface area contributed by atoms with Gasteiger partial charge in [-0.1, -0.05) is 60.7 Å². The third-order valence-electron chi connectivity index (χ3n) is 6.16. The Kier molecular flexibility index (Phi) is 7.20. The van der Waals surface area contributed by atoms with Crippen molar-refractivity contribution in [2.24, 2.45) is 0 Å². The van der Waals surface area contributed by atoms with Crippen molar-refractivity contribution in [2.75, 3.05) is 21.3 Å². The maximum absolute atomic E-state index is 13.5. The van der Waals surface area contributed by atoms with Gasteiger partial charge in [0.2, 0.25) is 5.91 Å². The van der Waals surface area contributed by atoms with Crippen molar-refractivity contribution in [2.45, 2.75) is 34.9 Å². The monoisotopic (exact) mass is 513 g/mol. The Labute approximate surface area is 220 Å². The Bertz CT molecular complexity index is 1350. The highest BCUT2D eigenvalue weighted by Crippen LogP contribution is 2.43. The third kappa shape index (κ3) is 5.22. The van der Waals surface area contributed by atoms with Gasteiger partial charge in [-0.15, -0.1) is 23.5 Å². The van der Waals surface area contributed by atoms with Gasteiger partial charge in [0.15, 0.2) is 0 Å². The summed E-state index contributed by atoms with van der Waals surface area (Å²) in [4.78, 5) is 29.9. The van der Waals surface area contributed by atoms with Crippen molar-refractivity contribution in [3.63, 3.8) is 0 Å². The molecule has 2 atom stereocenters. The number of amides is 3. The fraction of sp³-hybridized carbons (Fsp3) is 0.172. The highest BCUT2D eigenvalue weighted by Gasteiger charge is 2.36. The molecule has 3 aromatic rings. The van der Waals surface area contributed by atoms with Crippen molar-refractivity contribution in [3.8, 4) is 0 Å². The Morgan fingerprint density at radius 3 is 2.50 bits per heavy atom. The Morgan fingerprint density at radius 1 is 0.917 bits per heavy atom. The quantitative estimate of drug-likeness (QED) is 0.359. The second-order valence-corrected chi connectivity index (χ2v) is 11.0. The van der Waals surface area contributed by atoms with Gasteiger partial charge in [-0.25, -0.2) is 4.79 Å². The lowest BCUT2D eigenvalue weighted by atomic mass is 10.1. The van der Waals surface area contributed by atoms with Gasteiger partial charge in [-0.2, -0.15) is 0 Å². The number of carbonyl (C=O) groups excluding carboxylic acids is 2. The summed E-state index contributed by atoms with van der Waals surface area (Å²) in [6.45, 7) is 3.98. The topological polar surface area (TPSA) is 61.4 Å². The van der Waals surface area contributed by atoms with Crippen molar-refractivity contribution in [3.05, 3.63) is 102 Å². The molecule has 2 N–H and O–H groups in total. The van der Waals surface area contributed by atoms with Gasteiger partial charge in [0.25, 0.3) is 0 Å². The fourth-order valence-electron chi connectivity index (χ4n) is 4.41. The normalized spacial score (nSPS) is 17.8. The first-order valence-corrected chi connectivity index (χ1v) is 13.7. The van der Waals surface area contributed by atoms with E-state index in [1.54, 1.807) is 11.8 Å². The van der Waals surface area contributed by atoms with E-state index in [1.807, 2.05) is 91.6 Å². The number of hydrogen-bond donors (Lipinski definition) is 2. The van der Waals surface area contributed by atoms with Gasteiger partial charge in [0.05, 0.1) is 22.7 Å². The lowest BCUT2D eigenvalue weighted by Gasteiger charge is -2.40. The second kappa shape index (κ2) is 10.7. The van der Waals surface area contributed by atoms with Crippen molar-refractivity contribution in [1.29, 1.82) is 0 Å². The zero-order chi connectivity index (χ0) is 25.1. The van der Waals surface area contributed by atoms with Crippen LogP contribution in [-0.2, 0) is 4.79 Å². The predicted octanol–water partition coefficient (Wildman–Crippen LogP) is 7.04. The van der Waals surface area contributed by atoms with Crippen LogP contribution in [0.5, 0.6) is 0 Å². The average Bonchev–Trinajstić information content (AvgIpc) is 2.88. The number of rotatable bonds is 5. The Morgan fingerprint density at radius 2 is 1.67 bits per heavy atom. The fourth-order valence-corrected chi connectivity index (χ4v) is 6.42. The summed E-state index contributed by atoms with van der Waals surface area (Å²) >= 11 is 3.22. The minimum absolute atomic E-state index is 0.0546. The predicted molar refractivity (Wildman–Crippen MR) is 151 cm³/mol. The third-order valence-corrected chi connectivity index (χ3v) is 8.46. The standard InChI is InChI=1S/C29H27N3O2S2/c1-19-9-7-10-20(2)28(19)31-27(33)18-35-22-12-8-11-21(17-22)30-29(34)32-23-13-3-5-15-25(23)36-26-16-6-4-14-24(26)32/h3-17,23,25H,18H2,1-2H3,(H,30,34)(H,31,33). The number of allylic oxidation sites excluding steroid dienone is 2. The molecule has 7 heteroatoms. The molecule has 0 bridgehead atoms. The van der Waals surface area contributed by atoms with Crippen LogP contribution >= 0.6 is 23.5 Å². The lowest BCUT2D eigenvalue weighted by Crippen LogP contribution is -2.49. The van der Waals surface area contributed by atoms with Crippen LogP contribution in [-0.4, -0.2) is 29.0 Å². The zero-order valence-electron chi connectivity index (χ0n) is 20.1. The van der Waals surface area contributed by atoms with E-state index in [0.29, 0.717) is 5.69 Å². The molecule has 3 aromatic carbocycles. The molecular formula is C29H27N3O2S2. The Balaban J connectivity index is 1.27. The Hall–Kier alpha value is -3.42. The first-order chi connectivity index (χ1) is 17.5. The maximum Gasteiger partial charge on any atom is 0.326 e. The lowest BCUT2D eigenvalue weighted by molar-refractivity contribution is -0.113. The molecule has 0 aromatic heterocycles. The van der Waals surface area contributed by atoms with Crippen LogP contribution in [0.1, 0.15) is 11.1 Å². The highest BCUT2D eigenvalue weighted by molar-refractivity contribution is 8.00. The zero-order valence-corrected chi connectivity index (χ0v) is 21.7. The van der Waals surface area contributed by atoms with Crippen LogP contribution < -0.4 is 15.5 Å². The molecule has 0 radical (unpaired) electrons. The van der Waals surface area contributed by atoms with E-state index in [9.17, 15) is 9.59 Å². The van der Waals surface area contributed by atoms with Crippen molar-refractivity contribution in [1.82, 2.24) is 0 Å². The number of para-hydroxylation sites is 2. The number of hydrogen-bond acceptors (Lipinski definition) is 4. The van der Waals surface area contributed by atoms with Gasteiger partial charge < -0.3 is 10.6 Å². The van der Waals surface area contributed by atoms with Crippen LogP contribution in [0.4, 0.5) is 21.9 Å². The number of nitrogens with zero attached hydrogens (tertiary/aromatic N) is 1. The number of benzene rings is 3. The van der Waals surface area contributed by atoms with Gasteiger partial charge in [0.1, 0.15) is 0 Å². The van der Waals surface area contributed by atoms with Crippen LogP contribution in [0.2, 0.25) is 0 Å². The molecule has 0 fully saturated rings. The summed E-state index contributed by atoms with van der Waals surface area (Å²) in [5.74, 6) is 0.223. The van der Waals surface area contributed by atoms with Gasteiger partial charge in [0, 0.05) is 21.2 Å². The number of urea groups is 1. The maximum atomic E-state index is 13.5. The van der Waals surface area contributed by atoms with Gasteiger partial charge >= 0.3 is 6.03 Å². The van der Waals surface area contributed by atoms with Gasteiger partial charge in [-0.05, 0) is 55.3 Å². The molecule has 0 saturated heterocycles. The first kappa shape index (κ1) is 24.3. The summed E-state index contributed by atoms with van der Waals surface area (Å²) in [7, 11) is 0. The number of carbonyl (C=O) groups is 2. The number of anilines is 3. The van der Waals surface area contributed by atoms with Crippen LogP contribution in [0.25, 0.3) is 0 Å². The smallest absolute Gasteiger partial charge is 0.325 e. The highest BCUT2D eigenvalue weighted by atomic mass is 32.2. The molecule has 0 saturated carbocycles. The molecule has 3 amide bonds. The van der Waals surface area contributed by atoms with Gasteiger partial charge in [-0.3, -0.25) is 9.69 Å². The molecule has 2 unspecified atom stereocenters. The van der Waals surface area contributed by atoms with E-state index in [1.165, 1.54) is 11.8 Å². The van der Waals surface area contributed by atoms with Crippen molar-refractivity contribution < 1.29 is 9.59 Å². The van der Waals surface area contributed by atoms with E-state index in [2.05, 4.69) is 28.9 Å². The molecule has 182 valence electrons. The number of nitrogens with one attached hydrogen (secondary N) is 2. The summed E-state index contributed by atoms with van der Waals surface area (Å²) in [6, 6.07) is 21.4. The molecule has 1 heterocycles. The minimum Gasteiger partial charge on any atom is -0.325 e. The largest absolute Gasteiger partial charge is 0.326 e. The molecular weight excluding hydrogens is 486 g/mol. The number of fused-ring (bicyclic) bond motifs is 2. The number of thioether (sulfide) groups is 2. The molecule has 1 aliphatic heterocycles. The average molecular weight is 514 g/mol. The summed E-state index contributed by atoms with van der Waals surface area (Å²) in [5.41, 5.74) is 4.56. The minimum atomic E-state index is -0.173. The summed E-state index contributed by atoms with van der Waals surface area (Å²) in [6.07, 6.45) is 8.26.